The molecule has 2 aliphatic heterocycles. The molecule has 1 aromatic carbocycles. The number of imidazole rings is 1. The molecule has 0 bridgehead atoms. The van der Waals surface area contributed by atoms with Gasteiger partial charge in [0.15, 0.2) is 0 Å². The van der Waals surface area contributed by atoms with E-state index in [1.165, 1.54) is 11.9 Å². The van der Waals surface area contributed by atoms with E-state index in [1.807, 2.05) is 35.0 Å². The molecule has 9 nitrogen and oxygen atoms in total. The average molecular weight is 396 g/mol. The molecule has 0 radical (unpaired) electrons. The van der Waals surface area contributed by atoms with Crippen molar-refractivity contribution >= 4 is 17.8 Å². The van der Waals surface area contributed by atoms with Crippen LogP contribution in [-0.2, 0) is 16.1 Å². The van der Waals surface area contributed by atoms with Crippen LogP contribution in [0.2, 0.25) is 0 Å². The predicted molar refractivity (Wildman–Crippen MR) is 105 cm³/mol. The van der Waals surface area contributed by atoms with Crippen LogP contribution in [0.3, 0.4) is 0 Å². The number of rotatable bonds is 4. The highest BCUT2D eigenvalue weighted by atomic mass is 16.2. The normalized spacial score (nSPS) is 24.4. The van der Waals surface area contributed by atoms with Crippen LogP contribution in [0.15, 0.2) is 43.0 Å². The van der Waals surface area contributed by atoms with Crippen molar-refractivity contribution in [2.24, 2.45) is 5.92 Å². The Hall–Kier alpha value is -3.20. The summed E-state index contributed by atoms with van der Waals surface area (Å²) in [7, 11) is 3.15. The summed E-state index contributed by atoms with van der Waals surface area (Å²) in [5.41, 5.74) is 1.98. The van der Waals surface area contributed by atoms with Crippen molar-refractivity contribution in [3.8, 4) is 5.69 Å². The van der Waals surface area contributed by atoms with Gasteiger partial charge in [-0.2, -0.15) is 0 Å². The average Bonchev–Trinajstić information content (AvgIpc) is 3.29. The number of urea groups is 1. The number of nitrogens with one attached hydrogen (secondary N) is 2. The van der Waals surface area contributed by atoms with Crippen LogP contribution in [0, 0.1) is 5.92 Å². The van der Waals surface area contributed by atoms with Crippen molar-refractivity contribution in [1.82, 2.24) is 30.0 Å². The molecule has 9 heteroatoms. The first kappa shape index (κ1) is 19.1. The molecule has 0 aliphatic carbocycles. The zero-order valence-corrected chi connectivity index (χ0v) is 16.4. The van der Waals surface area contributed by atoms with Crippen molar-refractivity contribution in [2.75, 3.05) is 14.1 Å². The molecule has 29 heavy (non-hydrogen) atoms. The number of carbonyl (C=O) groups excluding carboxylic acids is 3. The van der Waals surface area contributed by atoms with Gasteiger partial charge in [0.1, 0.15) is 0 Å². The first-order chi connectivity index (χ1) is 14.0. The van der Waals surface area contributed by atoms with Gasteiger partial charge in [0.25, 0.3) is 0 Å². The summed E-state index contributed by atoms with van der Waals surface area (Å²) in [6.07, 6.45) is 5.98. The Morgan fingerprint density at radius 3 is 2.66 bits per heavy atom. The van der Waals surface area contributed by atoms with Crippen molar-refractivity contribution in [3.05, 3.63) is 48.5 Å². The van der Waals surface area contributed by atoms with E-state index >= 15 is 0 Å². The van der Waals surface area contributed by atoms with Gasteiger partial charge in [0, 0.05) is 38.7 Å². The van der Waals surface area contributed by atoms with Gasteiger partial charge < -0.3 is 14.8 Å². The maximum absolute atomic E-state index is 12.6. The Bertz CT molecular complexity index is 911. The summed E-state index contributed by atoms with van der Waals surface area (Å²) >= 11 is 0. The second-order valence-corrected chi connectivity index (χ2v) is 7.49. The highest BCUT2D eigenvalue weighted by Crippen LogP contribution is 2.28. The van der Waals surface area contributed by atoms with E-state index < -0.39 is 12.2 Å². The summed E-state index contributed by atoms with van der Waals surface area (Å²) in [5.74, 6) is -0.640. The minimum absolute atomic E-state index is 0.130. The van der Waals surface area contributed by atoms with Crippen molar-refractivity contribution in [3.63, 3.8) is 0 Å². The van der Waals surface area contributed by atoms with Gasteiger partial charge in [-0.1, -0.05) is 12.1 Å². The van der Waals surface area contributed by atoms with E-state index in [-0.39, 0.29) is 23.8 Å². The molecule has 2 saturated heterocycles. The summed E-state index contributed by atoms with van der Waals surface area (Å²) in [6, 6.07) is 7.06. The van der Waals surface area contributed by atoms with E-state index in [4.69, 9.17) is 0 Å². The number of benzene rings is 1. The lowest BCUT2D eigenvalue weighted by Crippen LogP contribution is -2.68. The Balaban J connectivity index is 1.35. The number of carbonyl (C=O) groups is 3. The van der Waals surface area contributed by atoms with Gasteiger partial charge >= 0.3 is 6.03 Å². The molecule has 2 aromatic rings. The molecular weight excluding hydrogens is 372 g/mol. The predicted octanol–water partition coefficient (Wildman–Crippen LogP) is 0.707. The fourth-order valence-corrected chi connectivity index (χ4v) is 3.97. The van der Waals surface area contributed by atoms with E-state index in [1.54, 1.807) is 19.6 Å². The van der Waals surface area contributed by atoms with Crippen LogP contribution in [-0.4, -0.2) is 63.5 Å². The van der Waals surface area contributed by atoms with Crippen LogP contribution in [0.4, 0.5) is 4.79 Å². The number of amides is 4. The topological polar surface area (TPSA) is 99.6 Å². The Morgan fingerprint density at radius 1 is 1.21 bits per heavy atom. The number of piperidine rings is 1. The third-order valence-corrected chi connectivity index (χ3v) is 5.70. The fourth-order valence-electron chi connectivity index (χ4n) is 3.97. The van der Waals surface area contributed by atoms with E-state index in [0.29, 0.717) is 19.4 Å². The molecule has 4 amide bonds. The lowest BCUT2D eigenvalue weighted by molar-refractivity contribution is -0.141. The first-order valence-electron chi connectivity index (χ1n) is 9.61. The Labute approximate surface area is 168 Å². The number of fused-ring (bicyclic) bond motifs is 1. The lowest BCUT2D eigenvalue weighted by atomic mass is 9.88. The molecule has 3 atom stereocenters. The third kappa shape index (κ3) is 3.61. The van der Waals surface area contributed by atoms with E-state index in [9.17, 15) is 14.4 Å². The second kappa shape index (κ2) is 7.67. The first-order valence-corrected chi connectivity index (χ1v) is 9.61. The Morgan fingerprint density at radius 2 is 1.97 bits per heavy atom. The van der Waals surface area contributed by atoms with E-state index in [2.05, 4.69) is 15.6 Å². The molecular formula is C20H24N6O3. The fraction of sp³-hybridized carbons (Fsp3) is 0.400. The highest BCUT2D eigenvalue weighted by Gasteiger charge is 2.47. The van der Waals surface area contributed by atoms with Crippen LogP contribution in [0.1, 0.15) is 18.4 Å². The zero-order chi connectivity index (χ0) is 20.5. The van der Waals surface area contributed by atoms with Gasteiger partial charge in [0.05, 0.1) is 24.5 Å². The van der Waals surface area contributed by atoms with Crippen LogP contribution in [0.5, 0.6) is 0 Å². The standard InChI is InChI=1S/C20H24N6O3/c1-24-17-15(19(28)25(2)20(24)29)7-8-16(23-17)18(27)22-11-13-3-5-14(6-4-13)26-10-9-21-12-26/h3-6,9-10,12,15-17,23H,7-8,11H2,1-2H3,(H,22,27). The van der Waals surface area contributed by atoms with E-state index in [0.717, 1.165) is 16.2 Å². The lowest BCUT2D eigenvalue weighted by Gasteiger charge is -2.46. The molecule has 0 spiro atoms. The maximum atomic E-state index is 12.6. The summed E-state index contributed by atoms with van der Waals surface area (Å²) in [4.78, 5) is 43.9. The molecule has 3 heterocycles. The number of hydrogen-bond acceptors (Lipinski definition) is 5. The zero-order valence-electron chi connectivity index (χ0n) is 16.4. The van der Waals surface area contributed by atoms with Gasteiger partial charge in [0.2, 0.25) is 11.8 Å². The minimum Gasteiger partial charge on any atom is -0.351 e. The molecule has 2 aliphatic rings. The molecule has 2 fully saturated rings. The monoisotopic (exact) mass is 396 g/mol. The number of nitrogens with zero attached hydrogens (tertiary/aromatic N) is 4. The van der Waals surface area contributed by atoms with Crippen molar-refractivity contribution < 1.29 is 14.4 Å². The largest absolute Gasteiger partial charge is 0.351 e. The molecule has 152 valence electrons. The minimum atomic E-state index is -0.454. The molecule has 4 rings (SSSR count). The number of imide groups is 1. The van der Waals surface area contributed by atoms with Crippen LogP contribution < -0.4 is 10.6 Å². The van der Waals surface area contributed by atoms with Gasteiger partial charge in [-0.15, -0.1) is 0 Å². The van der Waals surface area contributed by atoms with Crippen LogP contribution >= 0.6 is 0 Å². The molecule has 1 aromatic heterocycles. The van der Waals surface area contributed by atoms with Gasteiger partial charge in [-0.25, -0.2) is 9.78 Å². The smallest absolute Gasteiger partial charge is 0.327 e. The Kier molecular flexibility index (Phi) is 5.06. The van der Waals surface area contributed by atoms with Gasteiger partial charge in [-0.05, 0) is 30.5 Å². The number of aromatic nitrogens is 2. The summed E-state index contributed by atoms with van der Waals surface area (Å²) in [5, 5.41) is 6.13. The van der Waals surface area contributed by atoms with Crippen molar-refractivity contribution in [1.29, 1.82) is 0 Å². The highest BCUT2D eigenvalue weighted by molar-refractivity contribution is 5.98. The van der Waals surface area contributed by atoms with Crippen LogP contribution in [0.25, 0.3) is 5.69 Å². The summed E-state index contributed by atoms with van der Waals surface area (Å²) < 4.78 is 1.91. The second-order valence-electron chi connectivity index (χ2n) is 7.49. The third-order valence-electron chi connectivity index (χ3n) is 5.70. The van der Waals surface area contributed by atoms with Gasteiger partial charge in [-0.3, -0.25) is 19.8 Å². The maximum Gasteiger partial charge on any atom is 0.327 e. The molecule has 2 N–H and O–H groups in total. The SMILES string of the molecule is CN1C(=O)C2CCC(C(=O)NCc3ccc(-n4ccnc4)cc3)NC2N(C)C1=O. The summed E-state index contributed by atoms with van der Waals surface area (Å²) in [6.45, 7) is 0.408. The van der Waals surface area contributed by atoms with Crippen molar-refractivity contribution in [2.45, 2.75) is 31.6 Å². The molecule has 3 unspecified atom stereocenters. The quantitative estimate of drug-likeness (QED) is 0.793. The molecule has 0 saturated carbocycles. The number of hydrogen-bond donors (Lipinski definition) is 2.